The van der Waals surface area contributed by atoms with Crippen molar-refractivity contribution in [3.63, 3.8) is 0 Å². The number of anilines is 1. The van der Waals surface area contributed by atoms with Crippen molar-refractivity contribution in [2.24, 2.45) is 0 Å². The summed E-state index contributed by atoms with van der Waals surface area (Å²) in [5, 5.41) is 3.30. The van der Waals surface area contributed by atoms with Gasteiger partial charge in [-0.1, -0.05) is 13.0 Å². The summed E-state index contributed by atoms with van der Waals surface area (Å²) in [6.45, 7) is 9.06. The van der Waals surface area contributed by atoms with E-state index in [2.05, 4.69) is 41.0 Å². The second-order valence-electron chi connectivity index (χ2n) is 4.52. The first-order valence-corrected chi connectivity index (χ1v) is 6.71. The van der Waals surface area contributed by atoms with Crippen LogP contribution in [0.1, 0.15) is 30.8 Å². The minimum absolute atomic E-state index is 0.696. The lowest BCUT2D eigenvalue weighted by atomic mass is 10.2. The summed E-state index contributed by atoms with van der Waals surface area (Å²) in [6.07, 6.45) is 0.894. The van der Waals surface area contributed by atoms with Crippen molar-refractivity contribution >= 4 is 5.82 Å². The Balaban J connectivity index is 2.54. The molecular weight excluding hydrogens is 236 g/mol. The molecule has 0 saturated carbocycles. The zero-order valence-corrected chi connectivity index (χ0v) is 12.0. The van der Waals surface area contributed by atoms with Gasteiger partial charge in [-0.2, -0.15) is 0 Å². The number of aromatic nitrogens is 3. The minimum atomic E-state index is 0.696. The van der Waals surface area contributed by atoms with Gasteiger partial charge in [0.05, 0.1) is 0 Å². The summed E-state index contributed by atoms with van der Waals surface area (Å²) < 4.78 is 0. The summed E-state index contributed by atoms with van der Waals surface area (Å²) >= 11 is 0. The highest BCUT2D eigenvalue weighted by atomic mass is 15.0. The van der Waals surface area contributed by atoms with Crippen LogP contribution in [0, 0.1) is 13.8 Å². The molecule has 1 N–H and O–H groups in total. The highest BCUT2D eigenvalue weighted by Crippen LogP contribution is 2.21. The summed E-state index contributed by atoms with van der Waals surface area (Å²) in [4.78, 5) is 13.7. The van der Waals surface area contributed by atoms with Crippen LogP contribution in [-0.4, -0.2) is 21.5 Å². The highest BCUT2D eigenvalue weighted by molar-refractivity contribution is 5.56. The lowest BCUT2D eigenvalue weighted by Crippen LogP contribution is -2.08. The van der Waals surface area contributed by atoms with Gasteiger partial charge in [-0.05, 0) is 39.3 Å². The van der Waals surface area contributed by atoms with Crippen LogP contribution in [0.2, 0.25) is 0 Å². The summed E-state index contributed by atoms with van der Waals surface area (Å²) in [7, 11) is 0. The average Bonchev–Trinajstić information content (AvgIpc) is 2.41. The Morgan fingerprint density at radius 1 is 1.05 bits per heavy atom. The third kappa shape index (κ3) is 2.89. The quantitative estimate of drug-likeness (QED) is 0.913. The first-order valence-electron chi connectivity index (χ1n) is 6.71. The van der Waals surface area contributed by atoms with Gasteiger partial charge < -0.3 is 5.32 Å². The predicted molar refractivity (Wildman–Crippen MR) is 78.3 cm³/mol. The topological polar surface area (TPSA) is 50.7 Å². The predicted octanol–water partition coefficient (Wildman–Crippen LogP) is 3.15. The molecule has 0 spiro atoms. The van der Waals surface area contributed by atoms with Crippen LogP contribution < -0.4 is 5.32 Å². The fourth-order valence-electron chi connectivity index (χ4n) is 2.03. The monoisotopic (exact) mass is 256 g/mol. The van der Waals surface area contributed by atoms with Gasteiger partial charge in [0.2, 0.25) is 0 Å². The van der Waals surface area contributed by atoms with E-state index < -0.39 is 0 Å². The number of pyridine rings is 1. The van der Waals surface area contributed by atoms with E-state index in [4.69, 9.17) is 0 Å². The van der Waals surface area contributed by atoms with Gasteiger partial charge in [0, 0.05) is 23.5 Å². The zero-order valence-electron chi connectivity index (χ0n) is 12.0. The molecule has 0 fully saturated rings. The first-order chi connectivity index (χ1) is 9.15. The molecule has 2 aromatic heterocycles. The molecule has 0 unspecified atom stereocenters. The normalized spacial score (nSPS) is 10.5. The van der Waals surface area contributed by atoms with Crippen molar-refractivity contribution in [2.75, 3.05) is 11.9 Å². The number of hydrogen-bond acceptors (Lipinski definition) is 4. The number of nitrogens with zero attached hydrogens (tertiary/aromatic N) is 3. The van der Waals surface area contributed by atoms with E-state index in [1.165, 1.54) is 0 Å². The molecule has 0 saturated heterocycles. The van der Waals surface area contributed by atoms with Crippen molar-refractivity contribution in [3.8, 4) is 11.5 Å². The van der Waals surface area contributed by atoms with Crippen LogP contribution in [0.25, 0.3) is 11.5 Å². The van der Waals surface area contributed by atoms with Crippen LogP contribution in [-0.2, 0) is 6.42 Å². The molecule has 4 nitrogen and oxygen atoms in total. The zero-order chi connectivity index (χ0) is 13.8. The Kier molecular flexibility index (Phi) is 4.10. The van der Waals surface area contributed by atoms with Gasteiger partial charge >= 0.3 is 0 Å². The standard InChI is InChI=1S/C15H20N4/c1-5-12-11(4)14(16-6-2)19-15(18-12)13-9-7-8-10(3)17-13/h7-9H,5-6H2,1-4H3,(H,16,18,19). The second kappa shape index (κ2) is 5.78. The van der Waals surface area contributed by atoms with E-state index >= 15 is 0 Å². The van der Waals surface area contributed by atoms with Crippen LogP contribution in [0.5, 0.6) is 0 Å². The molecule has 0 aliphatic heterocycles. The Hall–Kier alpha value is -1.97. The van der Waals surface area contributed by atoms with Crippen LogP contribution in [0.15, 0.2) is 18.2 Å². The van der Waals surface area contributed by atoms with Gasteiger partial charge in [-0.25, -0.2) is 15.0 Å². The van der Waals surface area contributed by atoms with Gasteiger partial charge in [0.1, 0.15) is 11.5 Å². The number of aryl methyl sites for hydroxylation is 2. The van der Waals surface area contributed by atoms with Crippen molar-refractivity contribution < 1.29 is 0 Å². The summed E-state index contributed by atoms with van der Waals surface area (Å²) in [5.41, 5.74) is 4.00. The Bertz CT molecular complexity index is 578. The molecule has 100 valence electrons. The molecule has 0 radical (unpaired) electrons. The van der Waals surface area contributed by atoms with Gasteiger partial charge in [-0.15, -0.1) is 0 Å². The van der Waals surface area contributed by atoms with E-state index in [-0.39, 0.29) is 0 Å². The SMILES string of the molecule is CCNc1nc(-c2cccc(C)n2)nc(CC)c1C. The van der Waals surface area contributed by atoms with Crippen molar-refractivity contribution in [1.29, 1.82) is 0 Å². The van der Waals surface area contributed by atoms with Crippen molar-refractivity contribution in [2.45, 2.75) is 34.1 Å². The first kappa shape index (κ1) is 13.5. The molecule has 2 rings (SSSR count). The molecule has 0 aromatic carbocycles. The van der Waals surface area contributed by atoms with Crippen molar-refractivity contribution in [1.82, 2.24) is 15.0 Å². The van der Waals surface area contributed by atoms with E-state index in [9.17, 15) is 0 Å². The molecule has 19 heavy (non-hydrogen) atoms. The third-order valence-corrected chi connectivity index (χ3v) is 3.04. The van der Waals surface area contributed by atoms with Crippen LogP contribution in [0.3, 0.4) is 0 Å². The van der Waals surface area contributed by atoms with Crippen molar-refractivity contribution in [3.05, 3.63) is 35.2 Å². The molecule has 0 amide bonds. The number of rotatable bonds is 4. The van der Waals surface area contributed by atoms with E-state index in [0.29, 0.717) is 5.82 Å². The Morgan fingerprint density at radius 2 is 1.84 bits per heavy atom. The maximum atomic E-state index is 4.63. The molecular formula is C15H20N4. The van der Waals surface area contributed by atoms with Gasteiger partial charge in [-0.3, -0.25) is 0 Å². The maximum Gasteiger partial charge on any atom is 0.180 e. The lowest BCUT2D eigenvalue weighted by molar-refractivity contribution is 0.963. The minimum Gasteiger partial charge on any atom is -0.370 e. The second-order valence-corrected chi connectivity index (χ2v) is 4.52. The molecule has 0 bridgehead atoms. The molecule has 0 atom stereocenters. The van der Waals surface area contributed by atoms with Gasteiger partial charge in [0.15, 0.2) is 5.82 Å². The van der Waals surface area contributed by atoms with E-state index in [0.717, 1.165) is 41.4 Å². The third-order valence-electron chi connectivity index (χ3n) is 3.04. The summed E-state index contributed by atoms with van der Waals surface area (Å²) in [5.74, 6) is 1.61. The average molecular weight is 256 g/mol. The fraction of sp³-hybridized carbons (Fsp3) is 0.400. The van der Waals surface area contributed by atoms with E-state index in [1.54, 1.807) is 0 Å². The number of nitrogens with one attached hydrogen (secondary N) is 1. The molecule has 2 aromatic rings. The smallest absolute Gasteiger partial charge is 0.180 e. The molecule has 0 aliphatic carbocycles. The molecule has 0 aliphatic rings. The maximum absolute atomic E-state index is 4.63. The Morgan fingerprint density at radius 3 is 2.47 bits per heavy atom. The molecule has 4 heteroatoms. The van der Waals surface area contributed by atoms with Crippen LogP contribution in [0.4, 0.5) is 5.82 Å². The summed E-state index contributed by atoms with van der Waals surface area (Å²) in [6, 6.07) is 5.91. The van der Waals surface area contributed by atoms with Gasteiger partial charge in [0.25, 0.3) is 0 Å². The van der Waals surface area contributed by atoms with E-state index in [1.807, 2.05) is 25.1 Å². The largest absolute Gasteiger partial charge is 0.370 e. The number of hydrogen-bond donors (Lipinski definition) is 1. The highest BCUT2D eigenvalue weighted by Gasteiger charge is 2.11. The fourth-order valence-corrected chi connectivity index (χ4v) is 2.03. The van der Waals surface area contributed by atoms with Crippen LogP contribution >= 0.6 is 0 Å². The molecule has 2 heterocycles. The lowest BCUT2D eigenvalue weighted by Gasteiger charge is -2.12. The Labute approximate surface area is 114 Å².